The van der Waals surface area contributed by atoms with Crippen molar-refractivity contribution in [1.29, 1.82) is 0 Å². The van der Waals surface area contributed by atoms with Gasteiger partial charge in [-0.1, -0.05) is 20.8 Å². The first-order valence-corrected chi connectivity index (χ1v) is 7.47. The summed E-state index contributed by atoms with van der Waals surface area (Å²) >= 11 is 0. The monoisotopic (exact) mass is 270 g/mol. The maximum atomic E-state index is 12.2. The van der Waals surface area contributed by atoms with Crippen LogP contribution in [0.3, 0.4) is 0 Å². The second kappa shape index (κ2) is 6.71. The maximum Gasteiger partial charge on any atom is 0.327 e. The smallest absolute Gasteiger partial charge is 0.327 e. The lowest BCUT2D eigenvalue weighted by molar-refractivity contribution is -0.151. The van der Waals surface area contributed by atoms with Crippen LogP contribution in [0.2, 0.25) is 0 Å². The van der Waals surface area contributed by atoms with Gasteiger partial charge in [-0.15, -0.1) is 0 Å². The van der Waals surface area contributed by atoms with Crippen molar-refractivity contribution in [1.82, 2.24) is 10.2 Å². The summed E-state index contributed by atoms with van der Waals surface area (Å²) in [5, 5.41) is 3.37. The van der Waals surface area contributed by atoms with Gasteiger partial charge in [0.25, 0.3) is 0 Å². The van der Waals surface area contributed by atoms with Crippen molar-refractivity contribution in [2.75, 3.05) is 32.8 Å². The van der Waals surface area contributed by atoms with Gasteiger partial charge in [-0.2, -0.15) is 0 Å². The summed E-state index contributed by atoms with van der Waals surface area (Å²) in [6.07, 6.45) is 2.21. The van der Waals surface area contributed by atoms with Crippen LogP contribution in [0.4, 0.5) is 0 Å². The number of nitrogens with one attached hydrogen (secondary N) is 1. The lowest BCUT2D eigenvalue weighted by Gasteiger charge is -2.33. The average molecular weight is 270 g/mol. The van der Waals surface area contributed by atoms with E-state index >= 15 is 0 Å². The van der Waals surface area contributed by atoms with Gasteiger partial charge in [-0.05, 0) is 45.2 Å². The SMILES string of the molecule is CCCNC(C)(CN1CCC(C)(C)C1)C(=O)OCC. The van der Waals surface area contributed by atoms with Crippen LogP contribution >= 0.6 is 0 Å². The quantitative estimate of drug-likeness (QED) is 0.719. The van der Waals surface area contributed by atoms with Crippen molar-refractivity contribution in [3.8, 4) is 0 Å². The zero-order valence-electron chi connectivity index (χ0n) is 13.2. The standard InChI is InChI=1S/C15H30N2O2/c1-6-9-16-15(5,13(18)19-7-2)12-17-10-8-14(3,4)11-17/h16H,6-12H2,1-5H3. The Morgan fingerprint density at radius 3 is 2.58 bits per heavy atom. The van der Waals surface area contributed by atoms with Gasteiger partial charge < -0.3 is 15.0 Å². The van der Waals surface area contributed by atoms with E-state index in [4.69, 9.17) is 4.74 Å². The van der Waals surface area contributed by atoms with Gasteiger partial charge in [0.15, 0.2) is 0 Å². The normalized spacial score (nSPS) is 22.2. The summed E-state index contributed by atoms with van der Waals surface area (Å²) in [5.74, 6) is -0.131. The maximum absolute atomic E-state index is 12.2. The molecule has 1 heterocycles. The molecular formula is C15H30N2O2. The highest BCUT2D eigenvalue weighted by Gasteiger charge is 2.39. The fourth-order valence-corrected chi connectivity index (χ4v) is 2.69. The molecule has 0 saturated carbocycles. The molecule has 0 radical (unpaired) electrons. The van der Waals surface area contributed by atoms with Crippen LogP contribution in [0.15, 0.2) is 0 Å². The van der Waals surface area contributed by atoms with Crippen LogP contribution in [0, 0.1) is 5.41 Å². The largest absolute Gasteiger partial charge is 0.465 e. The molecule has 0 aromatic rings. The molecule has 0 aliphatic carbocycles. The Labute approximate surface area is 117 Å². The molecule has 4 nitrogen and oxygen atoms in total. The molecule has 1 fully saturated rings. The second-order valence-electron chi connectivity index (χ2n) is 6.60. The Balaban J connectivity index is 2.66. The Hall–Kier alpha value is -0.610. The van der Waals surface area contributed by atoms with Gasteiger partial charge in [0, 0.05) is 13.1 Å². The fourth-order valence-electron chi connectivity index (χ4n) is 2.69. The van der Waals surface area contributed by atoms with Crippen LogP contribution in [0.1, 0.15) is 47.5 Å². The van der Waals surface area contributed by atoms with E-state index in [0.29, 0.717) is 12.0 Å². The number of rotatable bonds is 7. The number of hydrogen-bond acceptors (Lipinski definition) is 4. The van der Waals surface area contributed by atoms with E-state index < -0.39 is 5.54 Å². The highest BCUT2D eigenvalue weighted by Crippen LogP contribution is 2.29. The molecule has 0 amide bonds. The summed E-state index contributed by atoms with van der Waals surface area (Å²) in [7, 11) is 0. The first-order valence-electron chi connectivity index (χ1n) is 7.47. The molecule has 19 heavy (non-hydrogen) atoms. The predicted molar refractivity (Wildman–Crippen MR) is 78.2 cm³/mol. The zero-order chi connectivity index (χ0) is 14.5. The highest BCUT2D eigenvalue weighted by molar-refractivity contribution is 5.80. The average Bonchev–Trinajstić information content (AvgIpc) is 2.66. The fraction of sp³-hybridized carbons (Fsp3) is 0.933. The van der Waals surface area contributed by atoms with E-state index in [2.05, 4.69) is 31.0 Å². The summed E-state index contributed by atoms with van der Waals surface area (Å²) < 4.78 is 5.24. The Bertz CT molecular complexity index is 305. The third kappa shape index (κ3) is 4.77. The Kier molecular flexibility index (Phi) is 5.81. The molecule has 4 heteroatoms. The van der Waals surface area contributed by atoms with Crippen molar-refractivity contribution in [3.05, 3.63) is 0 Å². The first kappa shape index (κ1) is 16.4. The van der Waals surface area contributed by atoms with E-state index in [9.17, 15) is 4.79 Å². The van der Waals surface area contributed by atoms with E-state index in [-0.39, 0.29) is 5.97 Å². The van der Waals surface area contributed by atoms with Gasteiger partial charge in [0.2, 0.25) is 0 Å². The topological polar surface area (TPSA) is 41.6 Å². The molecule has 1 atom stereocenters. The summed E-state index contributed by atoms with van der Waals surface area (Å²) in [4.78, 5) is 14.6. The summed E-state index contributed by atoms with van der Waals surface area (Å²) in [6, 6.07) is 0. The van der Waals surface area contributed by atoms with Crippen molar-refractivity contribution in [2.45, 2.75) is 53.0 Å². The molecule has 1 N–H and O–H groups in total. The minimum Gasteiger partial charge on any atom is -0.465 e. The van der Waals surface area contributed by atoms with Crippen molar-refractivity contribution >= 4 is 5.97 Å². The van der Waals surface area contributed by atoms with Crippen molar-refractivity contribution < 1.29 is 9.53 Å². The lowest BCUT2D eigenvalue weighted by atomic mass is 9.93. The van der Waals surface area contributed by atoms with Crippen LogP contribution < -0.4 is 5.32 Å². The lowest BCUT2D eigenvalue weighted by Crippen LogP contribution is -2.57. The van der Waals surface area contributed by atoms with Crippen LogP contribution in [0.25, 0.3) is 0 Å². The first-order chi connectivity index (χ1) is 8.83. The molecule has 0 aromatic carbocycles. The predicted octanol–water partition coefficient (Wildman–Crippen LogP) is 2.04. The number of carbonyl (C=O) groups excluding carboxylic acids is 1. The Morgan fingerprint density at radius 2 is 2.11 bits per heavy atom. The van der Waals surface area contributed by atoms with Crippen LogP contribution in [0.5, 0.6) is 0 Å². The number of hydrogen-bond donors (Lipinski definition) is 1. The molecule has 0 aromatic heterocycles. The minimum atomic E-state index is -0.591. The number of ether oxygens (including phenoxy) is 1. The second-order valence-corrected chi connectivity index (χ2v) is 6.60. The molecule has 1 saturated heterocycles. The molecular weight excluding hydrogens is 240 g/mol. The van der Waals surface area contributed by atoms with Gasteiger partial charge >= 0.3 is 5.97 Å². The highest BCUT2D eigenvalue weighted by atomic mass is 16.5. The molecule has 1 rings (SSSR count). The van der Waals surface area contributed by atoms with Gasteiger partial charge in [0.1, 0.15) is 5.54 Å². The van der Waals surface area contributed by atoms with Crippen LogP contribution in [-0.2, 0) is 9.53 Å². The van der Waals surface area contributed by atoms with E-state index in [1.165, 1.54) is 6.42 Å². The molecule has 0 spiro atoms. The van der Waals surface area contributed by atoms with Crippen molar-refractivity contribution in [3.63, 3.8) is 0 Å². The number of nitrogens with zero attached hydrogens (tertiary/aromatic N) is 1. The number of carbonyl (C=O) groups is 1. The minimum absolute atomic E-state index is 0.131. The Morgan fingerprint density at radius 1 is 1.42 bits per heavy atom. The summed E-state index contributed by atoms with van der Waals surface area (Å²) in [5.41, 5.74) is -0.229. The van der Waals surface area contributed by atoms with E-state index in [0.717, 1.165) is 32.6 Å². The third-order valence-corrected chi connectivity index (χ3v) is 3.79. The molecule has 1 aliphatic heterocycles. The molecule has 0 bridgehead atoms. The van der Waals surface area contributed by atoms with Crippen molar-refractivity contribution in [2.24, 2.45) is 5.41 Å². The van der Waals surface area contributed by atoms with Gasteiger partial charge in [-0.3, -0.25) is 4.79 Å². The molecule has 1 aliphatic rings. The van der Waals surface area contributed by atoms with Gasteiger partial charge in [-0.25, -0.2) is 0 Å². The van der Waals surface area contributed by atoms with E-state index in [1.807, 2.05) is 13.8 Å². The zero-order valence-corrected chi connectivity index (χ0v) is 13.2. The summed E-state index contributed by atoms with van der Waals surface area (Å²) in [6.45, 7) is 14.6. The van der Waals surface area contributed by atoms with Gasteiger partial charge in [0.05, 0.1) is 6.61 Å². The van der Waals surface area contributed by atoms with Crippen LogP contribution in [-0.4, -0.2) is 49.2 Å². The third-order valence-electron chi connectivity index (χ3n) is 3.79. The molecule has 112 valence electrons. The number of likely N-dealkylation sites (tertiary alicyclic amines) is 1. The molecule has 1 unspecified atom stereocenters. The number of esters is 1. The van der Waals surface area contributed by atoms with E-state index in [1.54, 1.807) is 0 Å².